The van der Waals surface area contributed by atoms with Crippen molar-refractivity contribution in [3.05, 3.63) is 65.0 Å². The molecule has 0 aromatic heterocycles. The highest BCUT2D eigenvalue weighted by Crippen LogP contribution is 2.33. The van der Waals surface area contributed by atoms with Crippen LogP contribution in [-0.4, -0.2) is 28.7 Å². The maximum Gasteiger partial charge on any atom is 0.255 e. The quantitative estimate of drug-likeness (QED) is 0.840. The average molecular weight is 368 g/mol. The van der Waals surface area contributed by atoms with E-state index in [9.17, 15) is 18.8 Å². The summed E-state index contributed by atoms with van der Waals surface area (Å²) in [7, 11) is 0. The molecule has 2 aromatic carbocycles. The molecule has 0 radical (unpaired) electrons. The lowest BCUT2D eigenvalue weighted by molar-refractivity contribution is -0.136. The minimum absolute atomic E-state index is 0.167. The van der Waals surface area contributed by atoms with Crippen LogP contribution in [0.3, 0.4) is 0 Å². The van der Waals surface area contributed by atoms with Gasteiger partial charge in [0.2, 0.25) is 11.8 Å². The molecule has 1 unspecified atom stereocenters. The van der Waals surface area contributed by atoms with Crippen LogP contribution in [-0.2, 0) is 22.7 Å². The number of imide groups is 1. The van der Waals surface area contributed by atoms with E-state index >= 15 is 0 Å². The predicted octanol–water partition coefficient (Wildman–Crippen LogP) is 2.17. The fourth-order valence-corrected chi connectivity index (χ4v) is 3.48. The zero-order valence-corrected chi connectivity index (χ0v) is 14.4. The van der Waals surface area contributed by atoms with Crippen molar-refractivity contribution >= 4 is 17.7 Å². The Kier molecular flexibility index (Phi) is 4.35. The molecule has 0 bridgehead atoms. The Labute approximate surface area is 154 Å². The van der Waals surface area contributed by atoms with Gasteiger partial charge in [0.15, 0.2) is 0 Å². The first kappa shape index (κ1) is 17.2. The van der Waals surface area contributed by atoms with Crippen LogP contribution in [0.1, 0.15) is 34.3 Å². The Morgan fingerprint density at radius 1 is 1.15 bits per heavy atom. The van der Waals surface area contributed by atoms with Gasteiger partial charge in [-0.25, -0.2) is 4.39 Å². The lowest BCUT2D eigenvalue weighted by Crippen LogP contribution is -2.52. The van der Waals surface area contributed by atoms with Crippen molar-refractivity contribution in [2.75, 3.05) is 0 Å². The van der Waals surface area contributed by atoms with E-state index in [0.717, 1.165) is 0 Å². The SMILES string of the molecule is O=C1CCC(N2Cc3c(OCc4cccc(F)c4)cccc3C2=O)C(=O)N1. The number of piperidine rings is 1. The number of fused-ring (bicyclic) bond motifs is 1. The van der Waals surface area contributed by atoms with Gasteiger partial charge in [-0.05, 0) is 36.2 Å². The number of hydrogen-bond acceptors (Lipinski definition) is 4. The summed E-state index contributed by atoms with van der Waals surface area (Å²) >= 11 is 0. The zero-order valence-electron chi connectivity index (χ0n) is 14.4. The van der Waals surface area contributed by atoms with Gasteiger partial charge in [-0.15, -0.1) is 0 Å². The molecule has 0 aliphatic carbocycles. The summed E-state index contributed by atoms with van der Waals surface area (Å²) in [5, 5.41) is 2.28. The number of benzene rings is 2. The first-order valence-corrected chi connectivity index (χ1v) is 8.67. The highest BCUT2D eigenvalue weighted by molar-refractivity contribution is 6.05. The number of nitrogens with one attached hydrogen (secondary N) is 1. The number of carbonyl (C=O) groups is 3. The summed E-state index contributed by atoms with van der Waals surface area (Å²) in [5.74, 6) is -0.835. The van der Waals surface area contributed by atoms with Gasteiger partial charge >= 0.3 is 0 Å². The normalized spacial score (nSPS) is 19.1. The molecule has 0 spiro atoms. The highest BCUT2D eigenvalue weighted by atomic mass is 19.1. The molecule has 1 fully saturated rings. The third kappa shape index (κ3) is 3.28. The maximum atomic E-state index is 13.3. The second-order valence-corrected chi connectivity index (χ2v) is 6.60. The van der Waals surface area contributed by atoms with E-state index in [4.69, 9.17) is 4.74 Å². The number of nitrogens with zero attached hydrogens (tertiary/aromatic N) is 1. The van der Waals surface area contributed by atoms with E-state index in [1.807, 2.05) is 0 Å². The average Bonchev–Trinajstić information content (AvgIpc) is 2.97. The Hall–Kier alpha value is -3.22. The van der Waals surface area contributed by atoms with E-state index in [1.165, 1.54) is 17.0 Å². The third-order valence-electron chi connectivity index (χ3n) is 4.82. The predicted molar refractivity (Wildman–Crippen MR) is 93.2 cm³/mol. The van der Waals surface area contributed by atoms with Crippen molar-refractivity contribution in [2.24, 2.45) is 0 Å². The number of hydrogen-bond donors (Lipinski definition) is 1. The van der Waals surface area contributed by atoms with Gasteiger partial charge in [0, 0.05) is 17.5 Å². The number of carbonyl (C=O) groups excluding carboxylic acids is 3. The lowest BCUT2D eigenvalue weighted by atomic mass is 10.0. The number of ether oxygens (including phenoxy) is 1. The minimum Gasteiger partial charge on any atom is -0.489 e. The van der Waals surface area contributed by atoms with Crippen molar-refractivity contribution in [3.63, 3.8) is 0 Å². The van der Waals surface area contributed by atoms with E-state index in [0.29, 0.717) is 28.9 Å². The maximum absolute atomic E-state index is 13.3. The third-order valence-corrected chi connectivity index (χ3v) is 4.82. The highest BCUT2D eigenvalue weighted by Gasteiger charge is 2.40. The Morgan fingerprint density at radius 3 is 2.74 bits per heavy atom. The van der Waals surface area contributed by atoms with Gasteiger partial charge in [0.1, 0.15) is 24.2 Å². The topological polar surface area (TPSA) is 75.7 Å². The fourth-order valence-electron chi connectivity index (χ4n) is 3.48. The first-order chi connectivity index (χ1) is 13.0. The van der Waals surface area contributed by atoms with E-state index in [2.05, 4.69) is 5.32 Å². The number of rotatable bonds is 4. The second kappa shape index (κ2) is 6.83. The van der Waals surface area contributed by atoms with Crippen LogP contribution in [0.25, 0.3) is 0 Å². The molecular formula is C20H17FN2O4. The van der Waals surface area contributed by atoms with Gasteiger partial charge in [-0.2, -0.15) is 0 Å². The molecule has 1 atom stereocenters. The monoisotopic (exact) mass is 368 g/mol. The molecule has 4 rings (SSSR count). The summed E-state index contributed by atoms with van der Waals surface area (Å²) in [5.41, 5.74) is 1.86. The van der Waals surface area contributed by atoms with Gasteiger partial charge in [-0.1, -0.05) is 18.2 Å². The van der Waals surface area contributed by atoms with Crippen LogP contribution in [0.4, 0.5) is 4.39 Å². The molecule has 2 heterocycles. The van der Waals surface area contributed by atoms with Crippen LogP contribution in [0, 0.1) is 5.82 Å². The Morgan fingerprint density at radius 2 is 1.96 bits per heavy atom. The smallest absolute Gasteiger partial charge is 0.255 e. The second-order valence-electron chi connectivity index (χ2n) is 6.60. The summed E-state index contributed by atoms with van der Waals surface area (Å²) < 4.78 is 19.1. The molecule has 6 nitrogen and oxygen atoms in total. The molecule has 138 valence electrons. The molecule has 27 heavy (non-hydrogen) atoms. The van der Waals surface area contributed by atoms with Crippen molar-refractivity contribution < 1.29 is 23.5 Å². The molecule has 1 N–H and O–H groups in total. The summed E-state index contributed by atoms with van der Waals surface area (Å²) in [6.07, 6.45) is 0.517. The van der Waals surface area contributed by atoms with Gasteiger partial charge < -0.3 is 9.64 Å². The van der Waals surface area contributed by atoms with E-state index < -0.39 is 11.9 Å². The minimum atomic E-state index is -0.668. The van der Waals surface area contributed by atoms with Gasteiger partial charge in [0.25, 0.3) is 5.91 Å². The first-order valence-electron chi connectivity index (χ1n) is 8.67. The van der Waals surface area contributed by atoms with E-state index in [1.54, 1.807) is 30.3 Å². The fraction of sp³-hybridized carbons (Fsp3) is 0.250. The van der Waals surface area contributed by atoms with Crippen LogP contribution in [0.5, 0.6) is 5.75 Å². The van der Waals surface area contributed by atoms with Gasteiger partial charge in [0.05, 0.1) is 6.54 Å². The Balaban J connectivity index is 1.54. The molecular weight excluding hydrogens is 351 g/mol. The van der Waals surface area contributed by atoms with Crippen molar-refractivity contribution in [1.82, 2.24) is 10.2 Å². The number of halogens is 1. The van der Waals surface area contributed by atoms with Gasteiger partial charge in [-0.3, -0.25) is 19.7 Å². The van der Waals surface area contributed by atoms with Crippen molar-refractivity contribution in [3.8, 4) is 5.75 Å². The molecule has 7 heteroatoms. The molecule has 2 aliphatic heterocycles. The lowest BCUT2D eigenvalue weighted by Gasteiger charge is -2.29. The molecule has 2 aliphatic rings. The summed E-state index contributed by atoms with van der Waals surface area (Å²) in [4.78, 5) is 37.7. The molecule has 0 saturated carbocycles. The van der Waals surface area contributed by atoms with E-state index in [-0.39, 0.29) is 37.2 Å². The summed E-state index contributed by atoms with van der Waals surface area (Å²) in [6.45, 7) is 0.403. The molecule has 1 saturated heterocycles. The van der Waals surface area contributed by atoms with Crippen molar-refractivity contribution in [2.45, 2.75) is 32.0 Å². The zero-order chi connectivity index (χ0) is 19.0. The Bertz CT molecular complexity index is 943. The standard InChI is InChI=1S/C20H17FN2O4/c21-13-4-1-3-12(9-13)11-27-17-6-2-5-14-15(17)10-23(20(14)26)16-7-8-18(24)22-19(16)25/h1-6,9,16H,7-8,10-11H2,(H,22,24,25). The van der Waals surface area contributed by atoms with Crippen LogP contribution < -0.4 is 10.1 Å². The van der Waals surface area contributed by atoms with Crippen LogP contribution in [0.2, 0.25) is 0 Å². The summed E-state index contributed by atoms with van der Waals surface area (Å²) in [6, 6.07) is 10.6. The molecule has 2 aromatic rings. The van der Waals surface area contributed by atoms with Crippen LogP contribution >= 0.6 is 0 Å². The largest absolute Gasteiger partial charge is 0.489 e. The molecule has 3 amide bonds. The van der Waals surface area contributed by atoms with Crippen molar-refractivity contribution in [1.29, 1.82) is 0 Å². The number of amides is 3. The van der Waals surface area contributed by atoms with Crippen LogP contribution in [0.15, 0.2) is 42.5 Å².